The van der Waals surface area contributed by atoms with E-state index in [1.54, 1.807) is 24.3 Å². The van der Waals surface area contributed by atoms with Crippen LogP contribution < -0.4 is 0 Å². The van der Waals surface area contributed by atoms with Gasteiger partial charge < -0.3 is 15.0 Å². The Morgan fingerprint density at radius 3 is 2.76 bits per heavy atom. The van der Waals surface area contributed by atoms with E-state index in [1.807, 2.05) is 31.3 Å². The molecule has 0 fully saturated rings. The second-order valence-electron chi connectivity index (χ2n) is 7.61. The van der Waals surface area contributed by atoms with E-state index < -0.39 is 5.54 Å². The van der Waals surface area contributed by atoms with E-state index in [0.29, 0.717) is 17.8 Å². The number of hydrogen-bond acceptors (Lipinski definition) is 3. The molecule has 0 spiro atoms. The number of aromatic amines is 1. The SMILES string of the molecule is [C-]#[N+]C1=CC(C(=O)c2ccccc2O)=CN2CCc3c([nH]c4ccccc34)C12C. The predicted molar refractivity (Wildman–Crippen MR) is 111 cm³/mol. The first-order valence-corrected chi connectivity index (χ1v) is 9.55. The van der Waals surface area contributed by atoms with E-state index in [2.05, 4.69) is 20.8 Å². The van der Waals surface area contributed by atoms with Crippen LogP contribution in [-0.2, 0) is 12.0 Å². The summed E-state index contributed by atoms with van der Waals surface area (Å²) in [5, 5.41) is 11.3. The second-order valence-corrected chi connectivity index (χ2v) is 7.61. The highest BCUT2D eigenvalue weighted by Crippen LogP contribution is 2.46. The third-order valence-electron chi connectivity index (χ3n) is 6.09. The molecule has 5 rings (SSSR count). The van der Waals surface area contributed by atoms with Gasteiger partial charge in [-0.15, -0.1) is 0 Å². The smallest absolute Gasteiger partial charge is 0.196 e. The Bertz CT molecular complexity index is 1270. The van der Waals surface area contributed by atoms with Gasteiger partial charge in [0.2, 0.25) is 0 Å². The van der Waals surface area contributed by atoms with Crippen molar-refractivity contribution >= 4 is 16.7 Å². The molecule has 3 heterocycles. The predicted octanol–water partition coefficient (Wildman–Crippen LogP) is 4.53. The van der Waals surface area contributed by atoms with E-state index in [9.17, 15) is 9.90 Å². The molecule has 142 valence electrons. The van der Waals surface area contributed by atoms with Crippen LogP contribution in [0.2, 0.25) is 0 Å². The summed E-state index contributed by atoms with van der Waals surface area (Å²) in [6.07, 6.45) is 4.32. The molecule has 0 saturated carbocycles. The molecule has 3 aromatic rings. The normalized spacial score (nSPS) is 20.3. The molecule has 0 radical (unpaired) electrons. The number of allylic oxidation sites excluding steroid dienone is 2. The zero-order chi connectivity index (χ0) is 20.2. The van der Waals surface area contributed by atoms with Crippen LogP contribution in [0.25, 0.3) is 15.7 Å². The molecule has 0 saturated heterocycles. The molecule has 0 aliphatic carbocycles. The zero-order valence-electron chi connectivity index (χ0n) is 15.9. The summed E-state index contributed by atoms with van der Waals surface area (Å²) in [7, 11) is 0. The van der Waals surface area contributed by atoms with Crippen LogP contribution in [-0.4, -0.2) is 27.3 Å². The second kappa shape index (κ2) is 6.11. The minimum Gasteiger partial charge on any atom is -0.507 e. The molecule has 0 amide bonds. The van der Waals surface area contributed by atoms with E-state index in [0.717, 1.165) is 17.6 Å². The van der Waals surface area contributed by atoms with Gasteiger partial charge in [0.15, 0.2) is 11.5 Å². The lowest BCUT2D eigenvalue weighted by Gasteiger charge is -2.46. The van der Waals surface area contributed by atoms with Gasteiger partial charge in [-0.3, -0.25) is 4.79 Å². The zero-order valence-corrected chi connectivity index (χ0v) is 15.9. The lowest BCUT2D eigenvalue weighted by molar-refractivity contribution is 0.102. The van der Waals surface area contributed by atoms with E-state index >= 15 is 0 Å². The minimum absolute atomic E-state index is 0.0546. The number of phenolic OH excluding ortho intramolecular Hbond substituents is 1. The summed E-state index contributed by atoms with van der Waals surface area (Å²) in [6, 6.07) is 14.7. The van der Waals surface area contributed by atoms with Crippen molar-refractivity contribution in [1.29, 1.82) is 0 Å². The number of benzene rings is 2. The van der Waals surface area contributed by atoms with Crippen LogP contribution in [0.3, 0.4) is 0 Å². The van der Waals surface area contributed by atoms with Gasteiger partial charge in [-0.05, 0) is 43.2 Å². The van der Waals surface area contributed by atoms with Gasteiger partial charge in [0.25, 0.3) is 0 Å². The largest absolute Gasteiger partial charge is 0.507 e. The van der Waals surface area contributed by atoms with E-state index in [1.165, 1.54) is 17.0 Å². The average molecular weight is 381 g/mol. The number of carbonyl (C=O) groups excluding carboxylic acids is 1. The van der Waals surface area contributed by atoms with Gasteiger partial charge in [0, 0.05) is 34.9 Å². The Kier molecular flexibility index (Phi) is 3.65. The van der Waals surface area contributed by atoms with E-state index in [-0.39, 0.29) is 17.1 Å². The van der Waals surface area contributed by atoms with Crippen molar-refractivity contribution in [3.63, 3.8) is 0 Å². The van der Waals surface area contributed by atoms with Crippen LogP contribution >= 0.6 is 0 Å². The number of H-pyrrole nitrogens is 1. The summed E-state index contributed by atoms with van der Waals surface area (Å²) >= 11 is 0. The number of rotatable bonds is 2. The number of hydrogen-bond donors (Lipinski definition) is 2. The van der Waals surface area contributed by atoms with Gasteiger partial charge in [0.05, 0.1) is 12.1 Å². The standard InChI is InChI=1S/C24H19N3O2/c1-24-21(25-2)13-15(22(29)18-8-4-6-10-20(18)28)14-27(24)12-11-17-16-7-3-5-9-19(16)26-23(17)24/h3-10,13-14,26,28H,11-12H2,1H3. The summed E-state index contributed by atoms with van der Waals surface area (Å²) < 4.78 is 0. The summed E-state index contributed by atoms with van der Waals surface area (Å²) in [6.45, 7) is 10.6. The molecule has 1 unspecified atom stereocenters. The first kappa shape index (κ1) is 17.3. The Morgan fingerprint density at radius 1 is 1.21 bits per heavy atom. The Labute approximate surface area is 168 Å². The lowest BCUT2D eigenvalue weighted by atomic mass is 9.81. The molecule has 5 nitrogen and oxygen atoms in total. The summed E-state index contributed by atoms with van der Waals surface area (Å²) in [4.78, 5) is 22.5. The van der Waals surface area contributed by atoms with Crippen LogP contribution in [0, 0.1) is 6.57 Å². The van der Waals surface area contributed by atoms with Crippen molar-refractivity contribution in [2.75, 3.05) is 6.54 Å². The molecular formula is C24H19N3O2. The Balaban J connectivity index is 1.65. The maximum atomic E-state index is 13.0. The third kappa shape index (κ3) is 2.36. The quantitative estimate of drug-likeness (QED) is 0.506. The topological polar surface area (TPSA) is 60.7 Å². The third-order valence-corrected chi connectivity index (χ3v) is 6.09. The van der Waals surface area contributed by atoms with Crippen LogP contribution in [0.4, 0.5) is 0 Å². The van der Waals surface area contributed by atoms with Crippen molar-refractivity contribution in [3.8, 4) is 5.75 Å². The fraction of sp³-hybridized carbons (Fsp3) is 0.167. The molecular weight excluding hydrogens is 362 g/mol. The number of aromatic hydroxyl groups is 1. The lowest BCUT2D eigenvalue weighted by Crippen LogP contribution is -2.48. The van der Waals surface area contributed by atoms with Crippen molar-refractivity contribution in [2.45, 2.75) is 18.9 Å². The van der Waals surface area contributed by atoms with Gasteiger partial charge in [0.1, 0.15) is 11.3 Å². The number of aromatic nitrogens is 1. The number of phenols is 1. The van der Waals surface area contributed by atoms with Crippen molar-refractivity contribution in [3.05, 3.63) is 100 Å². The molecule has 5 heteroatoms. The number of carbonyl (C=O) groups is 1. The van der Waals surface area contributed by atoms with Crippen LogP contribution in [0.5, 0.6) is 5.75 Å². The molecule has 0 bridgehead atoms. The highest BCUT2D eigenvalue weighted by molar-refractivity contribution is 6.12. The maximum absolute atomic E-state index is 13.0. The summed E-state index contributed by atoms with van der Waals surface area (Å²) in [5.74, 6) is -0.338. The van der Waals surface area contributed by atoms with Gasteiger partial charge in [-0.1, -0.05) is 30.3 Å². The van der Waals surface area contributed by atoms with E-state index in [4.69, 9.17) is 6.57 Å². The molecule has 2 aliphatic rings. The van der Waals surface area contributed by atoms with Gasteiger partial charge >= 0.3 is 0 Å². The molecule has 2 aromatic carbocycles. The number of fused-ring (bicyclic) bond motifs is 5. The molecule has 2 aliphatic heterocycles. The first-order valence-electron chi connectivity index (χ1n) is 9.55. The number of nitrogens with zero attached hydrogens (tertiary/aromatic N) is 2. The fourth-order valence-electron chi connectivity index (χ4n) is 4.52. The van der Waals surface area contributed by atoms with Crippen molar-refractivity contribution < 1.29 is 9.90 Å². The fourth-order valence-corrected chi connectivity index (χ4v) is 4.52. The highest BCUT2D eigenvalue weighted by Gasteiger charge is 2.45. The number of para-hydroxylation sites is 2. The maximum Gasteiger partial charge on any atom is 0.196 e. The van der Waals surface area contributed by atoms with Crippen molar-refractivity contribution in [1.82, 2.24) is 9.88 Å². The van der Waals surface area contributed by atoms with Crippen molar-refractivity contribution in [2.24, 2.45) is 0 Å². The average Bonchev–Trinajstić information content (AvgIpc) is 3.13. The minimum atomic E-state index is -0.656. The Hall–Kier alpha value is -3.78. The molecule has 1 atom stereocenters. The van der Waals surface area contributed by atoms with Crippen LogP contribution in [0.1, 0.15) is 28.5 Å². The monoisotopic (exact) mass is 381 g/mol. The number of ketones is 1. The molecule has 29 heavy (non-hydrogen) atoms. The molecule has 2 N–H and O–H groups in total. The number of nitrogens with one attached hydrogen (secondary N) is 1. The Morgan fingerprint density at radius 2 is 1.97 bits per heavy atom. The first-order chi connectivity index (χ1) is 14.0. The van der Waals surface area contributed by atoms with Gasteiger partial charge in [-0.2, -0.15) is 0 Å². The van der Waals surface area contributed by atoms with Crippen LogP contribution in [0.15, 0.2) is 72.1 Å². The number of Topliss-reactive ketones (excluding diaryl/α,β-unsaturated/α-hetero) is 1. The highest BCUT2D eigenvalue weighted by atomic mass is 16.3. The van der Waals surface area contributed by atoms with Gasteiger partial charge in [-0.25, -0.2) is 4.85 Å². The molecule has 1 aromatic heterocycles. The summed E-state index contributed by atoms with van der Waals surface area (Å²) in [5.41, 5.74) is 3.80.